The van der Waals surface area contributed by atoms with Gasteiger partial charge in [-0.1, -0.05) is 30.3 Å². The second-order valence-corrected chi connectivity index (χ2v) is 5.51. The standard InChI is InChI=1S/C14H14N4OS/c1-8-11(20-7-9-5-3-2-4-6-9)10-12(16-8)17-14(15)18-13(10)19/h2-6H,7H2,1H3,(H4,15,16,17,18,19). The molecule has 0 fully saturated rings. The van der Waals surface area contributed by atoms with Crippen LogP contribution >= 0.6 is 11.8 Å². The summed E-state index contributed by atoms with van der Waals surface area (Å²) >= 11 is 1.62. The molecule has 102 valence electrons. The largest absolute Gasteiger partial charge is 0.369 e. The molecule has 0 unspecified atom stereocenters. The Kier molecular flexibility index (Phi) is 3.23. The minimum absolute atomic E-state index is 0.128. The lowest BCUT2D eigenvalue weighted by Gasteiger charge is -2.01. The minimum Gasteiger partial charge on any atom is -0.369 e. The summed E-state index contributed by atoms with van der Waals surface area (Å²) in [4.78, 5) is 22.7. The van der Waals surface area contributed by atoms with Crippen molar-refractivity contribution in [3.8, 4) is 0 Å². The van der Waals surface area contributed by atoms with Crippen LogP contribution in [0.2, 0.25) is 0 Å². The molecule has 0 saturated carbocycles. The van der Waals surface area contributed by atoms with Gasteiger partial charge in [0.25, 0.3) is 5.56 Å². The summed E-state index contributed by atoms with van der Waals surface area (Å²) in [6.45, 7) is 1.94. The number of rotatable bonds is 3. The van der Waals surface area contributed by atoms with Gasteiger partial charge in [0.15, 0.2) is 0 Å². The van der Waals surface area contributed by atoms with Crippen molar-refractivity contribution < 1.29 is 0 Å². The van der Waals surface area contributed by atoms with Crippen molar-refractivity contribution in [1.29, 1.82) is 0 Å². The molecule has 0 spiro atoms. The fraction of sp³-hybridized carbons (Fsp3) is 0.143. The number of hydrogen-bond acceptors (Lipinski definition) is 4. The highest BCUT2D eigenvalue weighted by molar-refractivity contribution is 7.98. The number of hydrogen-bond donors (Lipinski definition) is 3. The summed E-state index contributed by atoms with van der Waals surface area (Å²) in [5.41, 5.74) is 8.04. The van der Waals surface area contributed by atoms with Gasteiger partial charge in [0.1, 0.15) is 5.65 Å². The summed E-state index contributed by atoms with van der Waals surface area (Å²) in [5.74, 6) is 0.932. The SMILES string of the molecule is Cc1[nH]c2nc(N)[nH]c(=O)c2c1SCc1ccccc1. The number of benzene rings is 1. The molecular formula is C14H14N4OS. The molecule has 1 aromatic carbocycles. The summed E-state index contributed by atoms with van der Waals surface area (Å²) in [7, 11) is 0. The zero-order valence-corrected chi connectivity index (χ0v) is 11.8. The lowest BCUT2D eigenvalue weighted by molar-refractivity contribution is 1.17. The number of aromatic nitrogens is 3. The summed E-state index contributed by atoms with van der Waals surface area (Å²) in [6, 6.07) is 10.1. The predicted octanol–water partition coefficient (Wildman–Crippen LogP) is 2.43. The molecule has 0 bridgehead atoms. The molecule has 0 amide bonds. The molecule has 2 heterocycles. The maximum Gasteiger partial charge on any atom is 0.262 e. The van der Waals surface area contributed by atoms with Gasteiger partial charge in [-0.15, -0.1) is 11.8 Å². The van der Waals surface area contributed by atoms with Gasteiger partial charge >= 0.3 is 0 Å². The van der Waals surface area contributed by atoms with Crippen molar-refractivity contribution in [2.75, 3.05) is 5.73 Å². The second kappa shape index (κ2) is 5.05. The fourth-order valence-corrected chi connectivity index (χ4v) is 3.23. The van der Waals surface area contributed by atoms with Crippen LogP contribution in [0.25, 0.3) is 11.0 Å². The molecule has 20 heavy (non-hydrogen) atoms. The van der Waals surface area contributed by atoms with Gasteiger partial charge in [0.05, 0.1) is 5.39 Å². The first-order valence-corrected chi connectivity index (χ1v) is 7.18. The van der Waals surface area contributed by atoms with E-state index < -0.39 is 0 Å². The molecule has 0 aliphatic carbocycles. The Hall–Kier alpha value is -2.21. The molecular weight excluding hydrogens is 272 g/mol. The Bertz CT molecular complexity index is 807. The molecule has 0 saturated heterocycles. The third-order valence-electron chi connectivity index (χ3n) is 3.04. The molecule has 5 nitrogen and oxygen atoms in total. The number of nitrogens with two attached hydrogens (primary N) is 1. The first-order chi connectivity index (χ1) is 9.65. The molecule has 2 aromatic heterocycles. The van der Waals surface area contributed by atoms with Crippen LogP contribution in [0.15, 0.2) is 40.0 Å². The third kappa shape index (κ3) is 2.30. The molecule has 0 aliphatic heterocycles. The van der Waals surface area contributed by atoms with Gasteiger partial charge in [-0.25, -0.2) is 0 Å². The zero-order valence-electron chi connectivity index (χ0n) is 10.9. The monoisotopic (exact) mass is 286 g/mol. The Morgan fingerprint density at radius 2 is 2.00 bits per heavy atom. The van der Waals surface area contributed by atoms with Crippen molar-refractivity contribution >= 4 is 28.7 Å². The maximum atomic E-state index is 12.0. The Labute approximate surface area is 119 Å². The number of aryl methyl sites for hydroxylation is 1. The summed E-state index contributed by atoms with van der Waals surface area (Å²) < 4.78 is 0. The van der Waals surface area contributed by atoms with Gasteiger partial charge in [-0.2, -0.15) is 4.98 Å². The zero-order chi connectivity index (χ0) is 14.1. The van der Waals surface area contributed by atoms with Crippen LogP contribution in [-0.2, 0) is 5.75 Å². The molecule has 0 radical (unpaired) electrons. The Morgan fingerprint density at radius 1 is 1.25 bits per heavy atom. The number of nitrogens with zero attached hydrogens (tertiary/aromatic N) is 1. The topological polar surface area (TPSA) is 87.6 Å². The molecule has 3 rings (SSSR count). The van der Waals surface area contributed by atoms with Crippen LogP contribution in [0, 0.1) is 6.92 Å². The first kappa shape index (κ1) is 12.8. The quantitative estimate of drug-likeness (QED) is 0.645. The van der Waals surface area contributed by atoms with Crippen molar-refractivity contribution in [2.45, 2.75) is 17.6 Å². The Morgan fingerprint density at radius 3 is 2.75 bits per heavy atom. The van der Waals surface area contributed by atoms with E-state index in [0.29, 0.717) is 11.0 Å². The van der Waals surface area contributed by atoms with Gasteiger partial charge in [0.2, 0.25) is 5.95 Å². The van der Waals surface area contributed by atoms with E-state index in [1.54, 1.807) is 11.8 Å². The normalized spacial score (nSPS) is 11.1. The number of aromatic amines is 2. The van der Waals surface area contributed by atoms with E-state index in [1.165, 1.54) is 5.56 Å². The van der Waals surface area contributed by atoms with Crippen LogP contribution in [0.1, 0.15) is 11.3 Å². The van der Waals surface area contributed by atoms with Crippen LogP contribution in [0.3, 0.4) is 0 Å². The number of anilines is 1. The third-order valence-corrected chi connectivity index (χ3v) is 4.31. The summed E-state index contributed by atoms with van der Waals surface area (Å²) in [6.07, 6.45) is 0. The molecule has 0 aliphatic rings. The van der Waals surface area contributed by atoms with E-state index in [9.17, 15) is 4.79 Å². The highest BCUT2D eigenvalue weighted by Gasteiger charge is 2.14. The first-order valence-electron chi connectivity index (χ1n) is 6.20. The van der Waals surface area contributed by atoms with E-state index in [2.05, 4.69) is 27.1 Å². The minimum atomic E-state index is -0.201. The molecule has 0 atom stereocenters. The summed E-state index contributed by atoms with van der Waals surface area (Å²) in [5, 5.41) is 0.581. The average Bonchev–Trinajstić information content (AvgIpc) is 2.73. The van der Waals surface area contributed by atoms with Crippen LogP contribution < -0.4 is 11.3 Å². The molecule has 6 heteroatoms. The van der Waals surface area contributed by atoms with Gasteiger partial charge in [0, 0.05) is 16.3 Å². The van der Waals surface area contributed by atoms with E-state index in [-0.39, 0.29) is 11.5 Å². The number of H-pyrrole nitrogens is 2. The number of fused-ring (bicyclic) bond motifs is 1. The van der Waals surface area contributed by atoms with Crippen molar-refractivity contribution in [2.24, 2.45) is 0 Å². The molecule has 4 N–H and O–H groups in total. The predicted molar refractivity (Wildman–Crippen MR) is 81.9 cm³/mol. The van der Waals surface area contributed by atoms with Crippen molar-refractivity contribution in [3.63, 3.8) is 0 Å². The molecule has 3 aromatic rings. The average molecular weight is 286 g/mol. The van der Waals surface area contributed by atoms with Crippen LogP contribution in [0.5, 0.6) is 0 Å². The lowest BCUT2D eigenvalue weighted by Crippen LogP contribution is -2.10. The van der Waals surface area contributed by atoms with Crippen LogP contribution in [-0.4, -0.2) is 15.0 Å². The highest BCUT2D eigenvalue weighted by atomic mass is 32.2. The van der Waals surface area contributed by atoms with Gasteiger partial charge in [-0.3, -0.25) is 9.78 Å². The van der Waals surface area contributed by atoms with Gasteiger partial charge < -0.3 is 10.7 Å². The smallest absolute Gasteiger partial charge is 0.262 e. The van der Waals surface area contributed by atoms with Crippen molar-refractivity contribution in [1.82, 2.24) is 15.0 Å². The number of thioether (sulfide) groups is 1. The second-order valence-electron chi connectivity index (χ2n) is 4.53. The van der Waals surface area contributed by atoms with E-state index in [4.69, 9.17) is 5.73 Å². The Balaban J connectivity index is 1.99. The highest BCUT2D eigenvalue weighted by Crippen LogP contribution is 2.30. The van der Waals surface area contributed by atoms with E-state index in [1.807, 2.05) is 25.1 Å². The maximum absolute atomic E-state index is 12.0. The van der Waals surface area contributed by atoms with Crippen molar-refractivity contribution in [3.05, 3.63) is 51.9 Å². The van der Waals surface area contributed by atoms with E-state index in [0.717, 1.165) is 16.3 Å². The number of nitrogens with one attached hydrogen (secondary N) is 2. The lowest BCUT2D eigenvalue weighted by atomic mass is 10.2. The van der Waals surface area contributed by atoms with Crippen LogP contribution in [0.4, 0.5) is 5.95 Å². The van der Waals surface area contributed by atoms with Gasteiger partial charge in [-0.05, 0) is 12.5 Å². The van der Waals surface area contributed by atoms with E-state index >= 15 is 0 Å². The number of nitrogen functional groups attached to an aromatic ring is 1. The fourth-order valence-electron chi connectivity index (χ4n) is 2.12.